The lowest BCUT2D eigenvalue weighted by Gasteiger charge is -2.11. The van der Waals surface area contributed by atoms with Gasteiger partial charge in [-0.2, -0.15) is 0 Å². The van der Waals surface area contributed by atoms with Gasteiger partial charge in [-0.05, 0) is 35.9 Å². The van der Waals surface area contributed by atoms with Gasteiger partial charge >= 0.3 is 0 Å². The summed E-state index contributed by atoms with van der Waals surface area (Å²) in [7, 11) is 4.00. The molecule has 0 spiro atoms. The Labute approximate surface area is 137 Å². The van der Waals surface area contributed by atoms with Crippen LogP contribution in [0, 0.1) is 11.8 Å². The average Bonchev–Trinajstić information content (AvgIpc) is 2.58. The van der Waals surface area contributed by atoms with Crippen LogP contribution in [0.3, 0.4) is 0 Å². The van der Waals surface area contributed by atoms with Crippen LogP contribution >= 0.6 is 0 Å². The van der Waals surface area contributed by atoms with E-state index in [1.54, 1.807) is 6.08 Å². The Morgan fingerprint density at radius 3 is 2.43 bits per heavy atom. The molecular weight excluding hydrogens is 284 g/mol. The predicted molar refractivity (Wildman–Crippen MR) is 96.1 cm³/mol. The molecule has 23 heavy (non-hydrogen) atoms. The molecule has 0 fully saturated rings. The van der Waals surface area contributed by atoms with E-state index in [1.165, 1.54) is 6.08 Å². The summed E-state index contributed by atoms with van der Waals surface area (Å²) in [5.74, 6) is 5.84. The summed E-state index contributed by atoms with van der Waals surface area (Å²) in [4.78, 5) is 13.7. The number of hydrogen-bond donors (Lipinski definition) is 1. The van der Waals surface area contributed by atoms with Crippen molar-refractivity contribution in [3.8, 4) is 11.8 Å². The molecule has 0 radical (unpaired) electrons. The molecule has 0 aliphatic carbocycles. The first kappa shape index (κ1) is 16.4. The monoisotopic (exact) mass is 304 g/mol. The molecule has 116 valence electrons. The van der Waals surface area contributed by atoms with Crippen molar-refractivity contribution in [1.82, 2.24) is 5.32 Å². The van der Waals surface area contributed by atoms with E-state index >= 15 is 0 Å². The number of nitrogens with zero attached hydrogens (tertiary/aromatic N) is 1. The Hall–Kier alpha value is -2.99. The van der Waals surface area contributed by atoms with Crippen molar-refractivity contribution in [3.63, 3.8) is 0 Å². The van der Waals surface area contributed by atoms with E-state index in [4.69, 9.17) is 0 Å². The Balaban J connectivity index is 1.81. The van der Waals surface area contributed by atoms with Gasteiger partial charge in [0.2, 0.25) is 5.91 Å². The fraction of sp³-hybridized carbons (Fsp3) is 0.150. The Kier molecular flexibility index (Phi) is 6.02. The molecule has 0 aliphatic rings. The predicted octanol–water partition coefficient (Wildman–Crippen LogP) is 2.93. The van der Waals surface area contributed by atoms with E-state index in [2.05, 4.69) is 17.2 Å². The summed E-state index contributed by atoms with van der Waals surface area (Å²) in [6, 6.07) is 17.7. The van der Waals surface area contributed by atoms with E-state index in [1.807, 2.05) is 73.6 Å². The molecular formula is C20H20N2O. The van der Waals surface area contributed by atoms with E-state index in [0.29, 0.717) is 6.54 Å². The van der Waals surface area contributed by atoms with Crippen molar-refractivity contribution >= 4 is 17.7 Å². The Bertz CT molecular complexity index is 720. The summed E-state index contributed by atoms with van der Waals surface area (Å²) in [6.45, 7) is 0.327. The third kappa shape index (κ3) is 5.72. The minimum atomic E-state index is -0.147. The first-order valence-electron chi connectivity index (χ1n) is 7.42. The van der Waals surface area contributed by atoms with Crippen LogP contribution in [0.15, 0.2) is 60.7 Å². The zero-order valence-electron chi connectivity index (χ0n) is 13.4. The van der Waals surface area contributed by atoms with E-state index in [-0.39, 0.29) is 5.91 Å². The van der Waals surface area contributed by atoms with Crippen LogP contribution in [0.1, 0.15) is 11.1 Å². The molecule has 2 aromatic rings. The van der Waals surface area contributed by atoms with Gasteiger partial charge in [-0.25, -0.2) is 0 Å². The molecule has 0 aliphatic heterocycles. The molecule has 2 rings (SSSR count). The SMILES string of the molecule is CN(C)c1ccc(C#CCNC(=O)/C=C/c2ccccc2)cc1. The van der Waals surface area contributed by atoms with E-state index < -0.39 is 0 Å². The van der Waals surface area contributed by atoms with Crippen LogP contribution in [-0.4, -0.2) is 26.5 Å². The summed E-state index contributed by atoms with van der Waals surface area (Å²) >= 11 is 0. The van der Waals surface area contributed by atoms with Crippen LogP contribution in [-0.2, 0) is 4.79 Å². The van der Waals surface area contributed by atoms with Gasteiger partial charge in [0.15, 0.2) is 0 Å². The number of nitrogens with one attached hydrogen (secondary N) is 1. The van der Waals surface area contributed by atoms with Crippen LogP contribution in [0.4, 0.5) is 5.69 Å². The zero-order chi connectivity index (χ0) is 16.5. The van der Waals surface area contributed by atoms with Gasteiger partial charge in [-0.3, -0.25) is 4.79 Å². The fourth-order valence-electron chi connectivity index (χ4n) is 1.92. The highest BCUT2D eigenvalue weighted by molar-refractivity contribution is 5.91. The van der Waals surface area contributed by atoms with Crippen LogP contribution in [0.25, 0.3) is 6.08 Å². The number of carbonyl (C=O) groups excluding carboxylic acids is 1. The fourth-order valence-corrected chi connectivity index (χ4v) is 1.92. The summed E-state index contributed by atoms with van der Waals surface area (Å²) in [5, 5.41) is 2.75. The van der Waals surface area contributed by atoms with E-state index in [0.717, 1.165) is 16.8 Å². The van der Waals surface area contributed by atoms with Gasteiger partial charge in [0, 0.05) is 31.4 Å². The molecule has 3 nitrogen and oxygen atoms in total. The van der Waals surface area contributed by atoms with Crippen molar-refractivity contribution in [2.75, 3.05) is 25.5 Å². The molecule has 2 aromatic carbocycles. The maximum absolute atomic E-state index is 11.7. The van der Waals surface area contributed by atoms with E-state index in [9.17, 15) is 4.79 Å². The molecule has 0 unspecified atom stereocenters. The standard InChI is InChI=1S/C20H20N2O/c1-22(2)19-13-10-18(11-14-19)9-6-16-21-20(23)15-12-17-7-4-3-5-8-17/h3-5,7-8,10-15H,16H2,1-2H3,(H,21,23)/b15-12+. The number of carbonyl (C=O) groups is 1. The molecule has 0 heterocycles. The molecule has 3 heteroatoms. The van der Waals surface area contributed by atoms with Gasteiger partial charge in [-0.15, -0.1) is 0 Å². The van der Waals surface area contributed by atoms with Gasteiger partial charge in [0.1, 0.15) is 0 Å². The van der Waals surface area contributed by atoms with Crippen LogP contribution < -0.4 is 10.2 Å². The van der Waals surface area contributed by atoms with Crippen LogP contribution in [0.5, 0.6) is 0 Å². The third-order valence-corrected chi connectivity index (χ3v) is 3.19. The van der Waals surface area contributed by atoms with Gasteiger partial charge < -0.3 is 10.2 Å². The number of benzene rings is 2. The highest BCUT2D eigenvalue weighted by Gasteiger charge is 1.94. The first-order valence-corrected chi connectivity index (χ1v) is 7.42. The van der Waals surface area contributed by atoms with Gasteiger partial charge in [0.05, 0.1) is 6.54 Å². The Morgan fingerprint density at radius 1 is 1.09 bits per heavy atom. The molecule has 0 saturated heterocycles. The topological polar surface area (TPSA) is 32.3 Å². The second kappa shape index (κ2) is 8.45. The molecule has 0 aromatic heterocycles. The highest BCUT2D eigenvalue weighted by Crippen LogP contribution is 2.11. The van der Waals surface area contributed by atoms with Crippen LogP contribution in [0.2, 0.25) is 0 Å². The van der Waals surface area contributed by atoms with Crippen molar-refractivity contribution in [2.45, 2.75) is 0 Å². The first-order chi connectivity index (χ1) is 11.1. The zero-order valence-corrected chi connectivity index (χ0v) is 13.4. The molecule has 1 N–H and O–H groups in total. The minimum absolute atomic E-state index is 0.147. The molecule has 0 atom stereocenters. The van der Waals surface area contributed by atoms with Gasteiger partial charge in [-0.1, -0.05) is 42.2 Å². The maximum Gasteiger partial charge on any atom is 0.244 e. The molecule has 0 saturated carbocycles. The second-order valence-electron chi connectivity index (χ2n) is 5.20. The summed E-state index contributed by atoms with van der Waals surface area (Å²) in [6.07, 6.45) is 3.30. The lowest BCUT2D eigenvalue weighted by atomic mass is 10.2. The number of rotatable bonds is 4. The largest absolute Gasteiger partial charge is 0.378 e. The molecule has 0 bridgehead atoms. The number of anilines is 1. The average molecular weight is 304 g/mol. The summed E-state index contributed by atoms with van der Waals surface area (Å²) < 4.78 is 0. The lowest BCUT2D eigenvalue weighted by molar-refractivity contribution is -0.116. The minimum Gasteiger partial charge on any atom is -0.378 e. The number of hydrogen-bond acceptors (Lipinski definition) is 2. The van der Waals surface area contributed by atoms with Crippen molar-refractivity contribution < 1.29 is 4.79 Å². The smallest absolute Gasteiger partial charge is 0.244 e. The van der Waals surface area contributed by atoms with Gasteiger partial charge in [0.25, 0.3) is 0 Å². The number of amides is 1. The van der Waals surface area contributed by atoms with Crippen molar-refractivity contribution in [1.29, 1.82) is 0 Å². The second-order valence-corrected chi connectivity index (χ2v) is 5.20. The maximum atomic E-state index is 11.7. The van der Waals surface area contributed by atoms with Crippen molar-refractivity contribution in [3.05, 3.63) is 71.8 Å². The lowest BCUT2D eigenvalue weighted by Crippen LogP contribution is -2.20. The third-order valence-electron chi connectivity index (χ3n) is 3.19. The summed E-state index contributed by atoms with van der Waals surface area (Å²) in [5.41, 5.74) is 3.06. The normalized spacial score (nSPS) is 10.0. The Morgan fingerprint density at radius 2 is 1.78 bits per heavy atom. The highest BCUT2D eigenvalue weighted by atomic mass is 16.1. The quantitative estimate of drug-likeness (QED) is 0.696. The van der Waals surface area contributed by atoms with Crippen molar-refractivity contribution in [2.24, 2.45) is 0 Å². The molecule has 1 amide bonds.